The van der Waals surface area contributed by atoms with Crippen LogP contribution in [-0.4, -0.2) is 70.2 Å². The minimum Gasteiger partial charge on any atom is -0.465 e. The van der Waals surface area contributed by atoms with Gasteiger partial charge >= 0.3 is 6.09 Å². The van der Waals surface area contributed by atoms with E-state index in [0.717, 1.165) is 25.3 Å². The van der Waals surface area contributed by atoms with Crippen LogP contribution in [0.3, 0.4) is 0 Å². The molecule has 180 valence electrons. The van der Waals surface area contributed by atoms with Crippen molar-refractivity contribution in [3.8, 4) is 0 Å². The van der Waals surface area contributed by atoms with Gasteiger partial charge in [-0.1, -0.05) is 26.1 Å². The zero-order valence-electron chi connectivity index (χ0n) is 19.8. The van der Waals surface area contributed by atoms with Gasteiger partial charge in [-0.25, -0.2) is 14.8 Å². The number of carboxylic acid groups (broad SMARTS) is 1. The smallest absolute Gasteiger partial charge is 0.407 e. The zero-order valence-corrected chi connectivity index (χ0v) is 20.8. The van der Waals surface area contributed by atoms with Crippen molar-refractivity contribution < 1.29 is 19.4 Å². The van der Waals surface area contributed by atoms with Gasteiger partial charge in [0, 0.05) is 45.9 Å². The van der Waals surface area contributed by atoms with Crippen LogP contribution < -0.4 is 5.32 Å². The first kappa shape index (κ1) is 23.7. The molecular weight excluding hydrogens is 438 g/mol. The van der Waals surface area contributed by atoms with Crippen LogP contribution in [0.1, 0.15) is 42.5 Å². The Bertz CT molecular complexity index is 1010. The summed E-state index contributed by atoms with van der Waals surface area (Å²) in [6, 6.07) is 1.21. The molecule has 0 atom stereocenters. The highest BCUT2D eigenvalue weighted by Gasteiger charge is 2.30. The molecule has 2 N–H and O–H groups in total. The number of aromatic nitrogens is 3. The Morgan fingerprint density at radius 1 is 1.21 bits per heavy atom. The summed E-state index contributed by atoms with van der Waals surface area (Å²) in [7, 11) is -1.17. The Hall–Kier alpha value is -2.46. The molecule has 9 nitrogen and oxygen atoms in total. The molecule has 0 bridgehead atoms. The molecule has 2 aromatic rings. The second-order valence-corrected chi connectivity index (χ2v) is 16.1. The van der Waals surface area contributed by atoms with Gasteiger partial charge in [0.05, 0.1) is 11.8 Å². The van der Waals surface area contributed by atoms with E-state index in [-0.39, 0.29) is 17.7 Å². The predicted octanol–water partition coefficient (Wildman–Crippen LogP) is 4.28. The van der Waals surface area contributed by atoms with E-state index in [4.69, 9.17) is 14.8 Å². The van der Waals surface area contributed by atoms with Gasteiger partial charge in [0.1, 0.15) is 18.1 Å². The van der Waals surface area contributed by atoms with Gasteiger partial charge in [-0.15, -0.1) is 0 Å². The van der Waals surface area contributed by atoms with Crippen LogP contribution in [0.4, 0.5) is 10.6 Å². The van der Waals surface area contributed by atoms with E-state index in [1.807, 2.05) is 10.8 Å². The fraction of sp³-hybridized carbons (Fsp3) is 0.652. The molecule has 0 spiro atoms. The van der Waals surface area contributed by atoms with Crippen LogP contribution in [0.25, 0.3) is 11.2 Å². The zero-order chi connectivity index (χ0) is 23.6. The number of fused-ring (bicyclic) bond motifs is 1. The topological polar surface area (TPSA) is 110 Å². The van der Waals surface area contributed by atoms with E-state index in [0.29, 0.717) is 61.8 Å². The van der Waals surface area contributed by atoms with Crippen LogP contribution in [0.2, 0.25) is 25.7 Å². The van der Waals surface area contributed by atoms with Crippen LogP contribution in [-0.2, 0) is 11.5 Å². The molecule has 10 heteroatoms. The largest absolute Gasteiger partial charge is 0.465 e. The van der Waals surface area contributed by atoms with Gasteiger partial charge < -0.3 is 24.6 Å². The van der Waals surface area contributed by atoms with Crippen molar-refractivity contribution in [1.82, 2.24) is 19.4 Å². The highest BCUT2D eigenvalue weighted by atomic mass is 28.3. The first-order valence-electron chi connectivity index (χ1n) is 11.9. The average Bonchev–Trinajstić information content (AvgIpc) is 3.07. The molecule has 0 aromatic carbocycles. The van der Waals surface area contributed by atoms with Crippen molar-refractivity contribution in [2.45, 2.75) is 70.6 Å². The number of carbonyl (C=O) groups is 2. The number of rotatable bonds is 9. The minimum atomic E-state index is -1.17. The monoisotopic (exact) mass is 473 g/mol. The number of nitrogens with zero attached hydrogens (tertiary/aromatic N) is 4. The average molecular weight is 474 g/mol. The summed E-state index contributed by atoms with van der Waals surface area (Å²) in [5.74, 6) is 0.847. The van der Waals surface area contributed by atoms with Crippen molar-refractivity contribution in [3.63, 3.8) is 0 Å². The Balaban J connectivity index is 1.51. The Morgan fingerprint density at radius 3 is 2.55 bits per heavy atom. The van der Waals surface area contributed by atoms with Crippen molar-refractivity contribution in [1.29, 1.82) is 0 Å². The number of ether oxygens (including phenoxy) is 1. The Labute approximate surface area is 195 Å². The number of ketones is 1. The molecular formula is C23H35N5O4Si. The van der Waals surface area contributed by atoms with Gasteiger partial charge in [0.15, 0.2) is 11.4 Å². The molecule has 2 fully saturated rings. The number of amides is 1. The highest BCUT2D eigenvalue weighted by molar-refractivity contribution is 6.76. The van der Waals surface area contributed by atoms with Crippen molar-refractivity contribution in [2.24, 2.45) is 5.92 Å². The maximum atomic E-state index is 13.1. The van der Waals surface area contributed by atoms with Crippen LogP contribution in [0, 0.1) is 5.92 Å². The lowest BCUT2D eigenvalue weighted by Gasteiger charge is -2.30. The predicted molar refractivity (Wildman–Crippen MR) is 130 cm³/mol. The van der Waals surface area contributed by atoms with Crippen molar-refractivity contribution >= 4 is 36.9 Å². The first-order valence-corrected chi connectivity index (χ1v) is 15.6. The molecule has 1 saturated heterocycles. The third-order valence-corrected chi connectivity index (χ3v) is 8.36. The van der Waals surface area contributed by atoms with Crippen molar-refractivity contribution in [3.05, 3.63) is 18.0 Å². The molecule has 1 saturated carbocycles. The molecule has 33 heavy (non-hydrogen) atoms. The first-order chi connectivity index (χ1) is 15.7. The third kappa shape index (κ3) is 5.73. The van der Waals surface area contributed by atoms with Gasteiger partial charge in [0.25, 0.3) is 0 Å². The molecule has 0 radical (unpaired) electrons. The number of likely N-dealkylation sites (tertiary alicyclic amines) is 1. The summed E-state index contributed by atoms with van der Waals surface area (Å²) in [5, 5.41) is 12.5. The number of Topliss-reactive ketones (excluding diaryl/α,β-unsaturated/α-hetero) is 1. The normalized spacial score (nSPS) is 17.8. The SMILES string of the molecule is C[Si](C)(C)CCOCn1cc(C(=O)C2CCC2)c2nc(NC3CCN(C(=O)O)CC3)cnc21. The fourth-order valence-corrected chi connectivity index (χ4v) is 5.01. The lowest BCUT2D eigenvalue weighted by Crippen LogP contribution is -2.41. The quantitative estimate of drug-likeness (QED) is 0.318. The summed E-state index contributed by atoms with van der Waals surface area (Å²) in [6.45, 7) is 9.02. The second kappa shape index (κ2) is 9.80. The summed E-state index contributed by atoms with van der Waals surface area (Å²) in [4.78, 5) is 35.1. The van der Waals surface area contributed by atoms with Crippen LogP contribution >= 0.6 is 0 Å². The van der Waals surface area contributed by atoms with E-state index >= 15 is 0 Å². The van der Waals surface area contributed by atoms with Gasteiger partial charge in [-0.2, -0.15) is 0 Å². The van der Waals surface area contributed by atoms with Gasteiger partial charge in [-0.3, -0.25) is 4.79 Å². The van der Waals surface area contributed by atoms with Crippen LogP contribution in [0.15, 0.2) is 12.4 Å². The molecule has 1 aliphatic carbocycles. The Morgan fingerprint density at radius 2 is 1.94 bits per heavy atom. The molecule has 3 heterocycles. The molecule has 4 rings (SSSR count). The lowest BCUT2D eigenvalue weighted by molar-refractivity contribution is 0.0847. The molecule has 2 aromatic heterocycles. The van der Waals surface area contributed by atoms with Gasteiger partial charge in [-0.05, 0) is 31.7 Å². The van der Waals surface area contributed by atoms with Crippen molar-refractivity contribution in [2.75, 3.05) is 25.0 Å². The van der Waals surface area contributed by atoms with E-state index in [1.54, 1.807) is 6.20 Å². The maximum Gasteiger partial charge on any atom is 0.407 e. The Kier molecular flexibility index (Phi) is 7.04. The number of hydrogen-bond acceptors (Lipinski definition) is 6. The summed E-state index contributed by atoms with van der Waals surface area (Å²) in [5.41, 5.74) is 1.91. The van der Waals surface area contributed by atoms with Gasteiger partial charge in [0.2, 0.25) is 0 Å². The highest BCUT2D eigenvalue weighted by Crippen LogP contribution is 2.32. The summed E-state index contributed by atoms with van der Waals surface area (Å²) < 4.78 is 7.83. The number of carbonyl (C=O) groups excluding carboxylic acids is 1. The van der Waals surface area contributed by atoms with E-state index in [2.05, 4.69) is 29.9 Å². The molecule has 1 aliphatic heterocycles. The lowest BCUT2D eigenvalue weighted by atomic mass is 9.80. The number of anilines is 1. The minimum absolute atomic E-state index is 0.0793. The summed E-state index contributed by atoms with van der Waals surface area (Å²) >= 11 is 0. The standard InChI is InChI=1S/C23H35N5O4Si/c1-33(2,3)12-11-32-15-28-14-18(21(29)16-5-4-6-16)20-22(28)24-13-19(26-20)25-17-7-9-27(10-8-17)23(30)31/h13-14,16-17H,4-12,15H2,1-3H3,(H,25,26)(H,30,31). The van der Waals surface area contributed by atoms with Crippen LogP contribution in [0.5, 0.6) is 0 Å². The molecule has 0 unspecified atom stereocenters. The second-order valence-electron chi connectivity index (χ2n) is 10.5. The number of nitrogens with one attached hydrogen (secondary N) is 1. The number of hydrogen-bond donors (Lipinski definition) is 2. The molecule has 2 aliphatic rings. The van der Waals surface area contributed by atoms with E-state index in [9.17, 15) is 9.59 Å². The van der Waals surface area contributed by atoms with E-state index in [1.165, 1.54) is 4.90 Å². The molecule has 1 amide bonds. The third-order valence-electron chi connectivity index (χ3n) is 6.65. The summed E-state index contributed by atoms with van der Waals surface area (Å²) in [6.07, 6.45) is 7.08. The number of piperidine rings is 1. The fourth-order valence-electron chi connectivity index (χ4n) is 4.26. The van der Waals surface area contributed by atoms with E-state index < -0.39 is 14.2 Å². The maximum absolute atomic E-state index is 13.1.